The van der Waals surface area contributed by atoms with Crippen LogP contribution in [-0.4, -0.2) is 41.8 Å². The van der Waals surface area contributed by atoms with Gasteiger partial charge in [-0.15, -0.1) is 0 Å². The van der Waals surface area contributed by atoms with Crippen molar-refractivity contribution in [1.82, 2.24) is 9.78 Å². The first-order valence-electron chi connectivity index (χ1n) is 10.3. The molecule has 0 saturated carbocycles. The van der Waals surface area contributed by atoms with Gasteiger partial charge in [0.05, 0.1) is 36.7 Å². The zero-order valence-corrected chi connectivity index (χ0v) is 17.9. The molecule has 4 rings (SSSR count). The number of rotatable bonds is 5. The van der Waals surface area contributed by atoms with Crippen LogP contribution in [-0.2, 0) is 22.3 Å². The fourth-order valence-corrected chi connectivity index (χ4v) is 3.90. The summed E-state index contributed by atoms with van der Waals surface area (Å²) >= 11 is 0. The van der Waals surface area contributed by atoms with Gasteiger partial charge in [-0.25, -0.2) is 14.3 Å². The van der Waals surface area contributed by atoms with Crippen LogP contribution in [0.15, 0.2) is 48.5 Å². The van der Waals surface area contributed by atoms with Crippen LogP contribution >= 0.6 is 0 Å². The minimum absolute atomic E-state index is 0.129. The maximum absolute atomic E-state index is 13.4. The largest absolute Gasteiger partial charge is 0.465 e. The number of carbonyl (C=O) groups is 3. The first-order chi connectivity index (χ1) is 15.5. The van der Waals surface area contributed by atoms with Crippen LogP contribution < -0.4 is 5.32 Å². The van der Waals surface area contributed by atoms with E-state index in [1.165, 1.54) is 32.4 Å². The standard InChI is InChI=1S/C24H23N3O5/c1-31-23(29)15-12-16(24(30)32-2)14-17(13-15)25-22(28)21-19-10-6-7-11-20(19)26-27(21)18-8-4-3-5-9-18/h3-5,8-9,12-14H,6-7,10-11H2,1-2H3,(H,25,28). The van der Waals surface area contributed by atoms with Crippen LogP contribution in [0.5, 0.6) is 0 Å². The lowest BCUT2D eigenvalue weighted by molar-refractivity contribution is 0.0599. The van der Waals surface area contributed by atoms with Crippen LogP contribution in [0, 0.1) is 0 Å². The van der Waals surface area contributed by atoms with Crippen LogP contribution in [0.1, 0.15) is 55.3 Å². The minimum Gasteiger partial charge on any atom is -0.465 e. The number of aromatic nitrogens is 2. The zero-order chi connectivity index (χ0) is 22.7. The summed E-state index contributed by atoms with van der Waals surface area (Å²) in [6, 6.07) is 13.8. The third-order valence-corrected chi connectivity index (χ3v) is 5.41. The second-order valence-electron chi connectivity index (χ2n) is 7.46. The highest BCUT2D eigenvalue weighted by atomic mass is 16.5. The van der Waals surface area contributed by atoms with E-state index < -0.39 is 11.9 Å². The molecule has 32 heavy (non-hydrogen) atoms. The first-order valence-corrected chi connectivity index (χ1v) is 10.3. The van der Waals surface area contributed by atoms with Crippen molar-refractivity contribution >= 4 is 23.5 Å². The monoisotopic (exact) mass is 433 g/mol. The molecule has 0 spiro atoms. The Morgan fingerprint density at radius 3 is 2.16 bits per heavy atom. The van der Waals surface area contributed by atoms with Gasteiger partial charge in [0, 0.05) is 11.3 Å². The third kappa shape index (κ3) is 4.12. The fraction of sp³-hybridized carbons (Fsp3) is 0.250. The molecular weight excluding hydrogens is 410 g/mol. The fourth-order valence-electron chi connectivity index (χ4n) is 3.90. The summed E-state index contributed by atoms with van der Waals surface area (Å²) in [5, 5.41) is 7.54. The number of nitrogens with one attached hydrogen (secondary N) is 1. The number of nitrogens with zero attached hydrogens (tertiary/aromatic N) is 2. The molecule has 8 heteroatoms. The molecular formula is C24H23N3O5. The van der Waals surface area contributed by atoms with Crippen molar-refractivity contribution in [3.63, 3.8) is 0 Å². The molecule has 1 amide bonds. The Morgan fingerprint density at radius 2 is 1.53 bits per heavy atom. The quantitative estimate of drug-likeness (QED) is 0.618. The van der Waals surface area contributed by atoms with Crippen LogP contribution in [0.25, 0.3) is 5.69 Å². The number of hydrogen-bond donors (Lipinski definition) is 1. The lowest BCUT2D eigenvalue weighted by atomic mass is 9.95. The predicted molar refractivity (Wildman–Crippen MR) is 117 cm³/mol. The third-order valence-electron chi connectivity index (χ3n) is 5.41. The van der Waals surface area contributed by atoms with Crippen molar-refractivity contribution in [3.8, 4) is 5.69 Å². The van der Waals surface area contributed by atoms with E-state index in [-0.39, 0.29) is 22.7 Å². The van der Waals surface area contributed by atoms with Gasteiger partial charge in [-0.3, -0.25) is 4.79 Å². The molecule has 0 radical (unpaired) electrons. The topological polar surface area (TPSA) is 99.5 Å². The summed E-state index contributed by atoms with van der Waals surface area (Å²) < 4.78 is 11.2. The van der Waals surface area contributed by atoms with E-state index in [0.717, 1.165) is 42.6 Å². The SMILES string of the molecule is COC(=O)c1cc(NC(=O)c2c3c(nn2-c2ccccc2)CCCC3)cc(C(=O)OC)c1. The molecule has 1 aromatic heterocycles. The molecule has 2 aromatic carbocycles. The summed E-state index contributed by atoms with van der Waals surface area (Å²) in [5.41, 5.74) is 3.62. The molecule has 0 atom stereocenters. The molecule has 8 nitrogen and oxygen atoms in total. The summed E-state index contributed by atoms with van der Waals surface area (Å²) in [4.78, 5) is 37.6. The number of anilines is 1. The van der Waals surface area contributed by atoms with E-state index in [4.69, 9.17) is 14.6 Å². The van der Waals surface area contributed by atoms with Crippen LogP contribution in [0.4, 0.5) is 5.69 Å². The lowest BCUT2D eigenvalue weighted by Crippen LogP contribution is -2.20. The van der Waals surface area contributed by atoms with Crippen LogP contribution in [0.2, 0.25) is 0 Å². The smallest absolute Gasteiger partial charge is 0.337 e. The van der Waals surface area contributed by atoms with E-state index in [1.807, 2.05) is 30.3 Å². The van der Waals surface area contributed by atoms with Gasteiger partial charge < -0.3 is 14.8 Å². The number of fused-ring (bicyclic) bond motifs is 1. The van der Waals surface area contributed by atoms with Gasteiger partial charge in [-0.05, 0) is 56.0 Å². The summed E-state index contributed by atoms with van der Waals surface area (Å²) in [6.45, 7) is 0. The van der Waals surface area contributed by atoms with Crippen molar-refractivity contribution < 1.29 is 23.9 Å². The van der Waals surface area contributed by atoms with E-state index in [2.05, 4.69) is 5.32 Å². The number of ether oxygens (including phenoxy) is 2. The second kappa shape index (κ2) is 9.05. The highest BCUT2D eigenvalue weighted by molar-refractivity contribution is 6.06. The Bertz CT molecular complexity index is 1150. The number of esters is 2. The number of amides is 1. The molecule has 0 unspecified atom stereocenters. The summed E-state index contributed by atoms with van der Waals surface area (Å²) in [6.07, 6.45) is 3.60. The Balaban J connectivity index is 1.75. The Kier molecular flexibility index (Phi) is 6.02. The Hall–Kier alpha value is -3.94. The first kappa shape index (κ1) is 21.3. The molecule has 164 valence electrons. The van der Waals surface area contributed by atoms with Crippen molar-refractivity contribution in [1.29, 1.82) is 0 Å². The van der Waals surface area contributed by atoms with E-state index in [1.54, 1.807) is 4.68 Å². The number of carbonyl (C=O) groups excluding carboxylic acids is 3. The second-order valence-corrected chi connectivity index (χ2v) is 7.46. The van der Waals surface area contributed by atoms with Crippen molar-refractivity contribution in [3.05, 3.63) is 76.6 Å². The van der Waals surface area contributed by atoms with Crippen LogP contribution in [0.3, 0.4) is 0 Å². The molecule has 1 aliphatic rings. The molecule has 0 bridgehead atoms. The van der Waals surface area contributed by atoms with Gasteiger partial charge in [0.2, 0.25) is 0 Å². The maximum atomic E-state index is 13.4. The highest BCUT2D eigenvalue weighted by Gasteiger charge is 2.26. The van der Waals surface area contributed by atoms with Gasteiger partial charge >= 0.3 is 11.9 Å². The van der Waals surface area contributed by atoms with Gasteiger partial charge in [-0.2, -0.15) is 5.10 Å². The van der Waals surface area contributed by atoms with Crippen molar-refractivity contribution in [2.75, 3.05) is 19.5 Å². The Labute approximate surface area is 185 Å². The number of aryl methyl sites for hydroxylation is 1. The number of hydrogen-bond acceptors (Lipinski definition) is 6. The van der Waals surface area contributed by atoms with Crippen molar-refractivity contribution in [2.45, 2.75) is 25.7 Å². The number of methoxy groups -OCH3 is 2. The normalized spacial score (nSPS) is 12.6. The summed E-state index contributed by atoms with van der Waals surface area (Å²) in [7, 11) is 2.49. The van der Waals surface area contributed by atoms with Gasteiger partial charge in [0.25, 0.3) is 5.91 Å². The van der Waals surface area contributed by atoms with E-state index in [0.29, 0.717) is 5.69 Å². The molecule has 0 aliphatic heterocycles. The molecule has 3 aromatic rings. The molecule has 1 aliphatic carbocycles. The van der Waals surface area contributed by atoms with E-state index >= 15 is 0 Å². The van der Waals surface area contributed by atoms with E-state index in [9.17, 15) is 14.4 Å². The van der Waals surface area contributed by atoms with Gasteiger partial charge in [0.15, 0.2) is 0 Å². The predicted octanol–water partition coefficient (Wildman–Crippen LogP) is 3.58. The highest BCUT2D eigenvalue weighted by Crippen LogP contribution is 2.27. The van der Waals surface area contributed by atoms with Gasteiger partial charge in [-0.1, -0.05) is 18.2 Å². The lowest BCUT2D eigenvalue weighted by Gasteiger charge is -2.13. The Morgan fingerprint density at radius 1 is 0.906 bits per heavy atom. The molecule has 0 saturated heterocycles. The van der Waals surface area contributed by atoms with Gasteiger partial charge in [0.1, 0.15) is 5.69 Å². The average Bonchev–Trinajstić information content (AvgIpc) is 3.23. The maximum Gasteiger partial charge on any atom is 0.337 e. The minimum atomic E-state index is -0.627. The molecule has 1 N–H and O–H groups in total. The number of benzene rings is 2. The molecule has 0 fully saturated rings. The zero-order valence-electron chi connectivity index (χ0n) is 17.9. The summed E-state index contributed by atoms with van der Waals surface area (Å²) in [5.74, 6) is -1.63. The average molecular weight is 433 g/mol. The molecule has 1 heterocycles. The van der Waals surface area contributed by atoms with Crippen molar-refractivity contribution in [2.24, 2.45) is 0 Å². The number of para-hydroxylation sites is 1.